The standard InChI is InChI=1S/C14H17NO2/c1-3-16-14-10-15-13(17-14)9-8-12-6-4-11(2)5-7-12/h4-7,10H,3,8-9H2,1-2H3. The SMILES string of the molecule is CCOc1cnc(CCc2ccc(C)cc2)o1. The van der Waals surface area contributed by atoms with Gasteiger partial charge in [0.05, 0.1) is 6.61 Å². The highest BCUT2D eigenvalue weighted by molar-refractivity contribution is 5.21. The smallest absolute Gasteiger partial charge is 0.305 e. The number of aryl methyl sites for hydroxylation is 3. The molecule has 0 saturated carbocycles. The predicted molar refractivity (Wildman–Crippen MR) is 66.3 cm³/mol. The Kier molecular flexibility index (Phi) is 3.81. The molecule has 0 atom stereocenters. The minimum atomic E-state index is 0.506. The van der Waals surface area contributed by atoms with Gasteiger partial charge < -0.3 is 9.15 Å². The van der Waals surface area contributed by atoms with Crippen molar-refractivity contribution >= 4 is 0 Å². The van der Waals surface area contributed by atoms with E-state index in [4.69, 9.17) is 9.15 Å². The number of benzene rings is 1. The van der Waals surface area contributed by atoms with Crippen molar-refractivity contribution < 1.29 is 9.15 Å². The molecule has 90 valence electrons. The molecule has 3 nitrogen and oxygen atoms in total. The Labute approximate surface area is 101 Å². The number of rotatable bonds is 5. The fourth-order valence-corrected chi connectivity index (χ4v) is 1.62. The Morgan fingerprint density at radius 2 is 1.94 bits per heavy atom. The summed E-state index contributed by atoms with van der Waals surface area (Å²) in [5.74, 6) is 1.24. The van der Waals surface area contributed by atoms with Crippen molar-refractivity contribution in [3.8, 4) is 5.95 Å². The van der Waals surface area contributed by atoms with Crippen LogP contribution in [0.25, 0.3) is 0 Å². The molecule has 0 N–H and O–H groups in total. The van der Waals surface area contributed by atoms with E-state index in [1.54, 1.807) is 6.20 Å². The average Bonchev–Trinajstić information content (AvgIpc) is 2.77. The number of nitrogens with zero attached hydrogens (tertiary/aromatic N) is 1. The molecule has 1 heterocycles. The summed E-state index contributed by atoms with van der Waals surface area (Å²) in [6.07, 6.45) is 3.37. The Balaban J connectivity index is 1.90. The summed E-state index contributed by atoms with van der Waals surface area (Å²) in [6, 6.07) is 8.52. The van der Waals surface area contributed by atoms with Gasteiger partial charge in [0.2, 0.25) is 0 Å². The lowest BCUT2D eigenvalue weighted by molar-refractivity contribution is 0.250. The third kappa shape index (κ3) is 3.34. The van der Waals surface area contributed by atoms with E-state index in [-0.39, 0.29) is 0 Å². The van der Waals surface area contributed by atoms with E-state index in [9.17, 15) is 0 Å². The van der Waals surface area contributed by atoms with Crippen LogP contribution in [0.2, 0.25) is 0 Å². The first-order valence-corrected chi connectivity index (χ1v) is 5.91. The maximum Gasteiger partial charge on any atom is 0.305 e. The monoisotopic (exact) mass is 231 g/mol. The van der Waals surface area contributed by atoms with Crippen LogP contribution in [0.15, 0.2) is 34.9 Å². The largest absolute Gasteiger partial charge is 0.464 e. The molecule has 0 saturated heterocycles. The summed E-state index contributed by atoms with van der Waals surface area (Å²) in [6.45, 7) is 4.62. The van der Waals surface area contributed by atoms with Crippen LogP contribution in [0, 0.1) is 6.92 Å². The molecule has 0 aliphatic heterocycles. The number of oxazole rings is 1. The second-order valence-electron chi connectivity index (χ2n) is 3.99. The predicted octanol–water partition coefficient (Wildman–Crippen LogP) is 3.17. The van der Waals surface area contributed by atoms with Gasteiger partial charge in [-0.05, 0) is 25.8 Å². The van der Waals surface area contributed by atoms with E-state index in [1.165, 1.54) is 11.1 Å². The van der Waals surface area contributed by atoms with Gasteiger partial charge in [-0.1, -0.05) is 29.8 Å². The summed E-state index contributed by atoms with van der Waals surface area (Å²) >= 11 is 0. The fraction of sp³-hybridized carbons (Fsp3) is 0.357. The third-order valence-electron chi connectivity index (χ3n) is 2.57. The second-order valence-corrected chi connectivity index (χ2v) is 3.99. The molecule has 3 heteroatoms. The lowest BCUT2D eigenvalue weighted by atomic mass is 10.1. The molecule has 0 aliphatic rings. The zero-order chi connectivity index (χ0) is 12.1. The molecule has 0 fully saturated rings. The van der Waals surface area contributed by atoms with Crippen molar-refractivity contribution in [2.45, 2.75) is 26.7 Å². The number of aromatic nitrogens is 1. The molecule has 1 aromatic heterocycles. The highest BCUT2D eigenvalue weighted by atomic mass is 16.6. The van der Waals surface area contributed by atoms with Crippen LogP contribution >= 0.6 is 0 Å². The van der Waals surface area contributed by atoms with Gasteiger partial charge in [-0.3, -0.25) is 0 Å². The van der Waals surface area contributed by atoms with E-state index >= 15 is 0 Å². The summed E-state index contributed by atoms with van der Waals surface area (Å²) in [7, 11) is 0. The molecule has 0 bridgehead atoms. The quantitative estimate of drug-likeness (QED) is 0.792. The maximum absolute atomic E-state index is 5.44. The van der Waals surface area contributed by atoms with E-state index < -0.39 is 0 Å². The first kappa shape index (κ1) is 11.7. The second kappa shape index (κ2) is 5.53. The lowest BCUT2D eigenvalue weighted by Crippen LogP contribution is -1.91. The summed E-state index contributed by atoms with van der Waals surface area (Å²) < 4.78 is 10.7. The van der Waals surface area contributed by atoms with Gasteiger partial charge in [-0.25, -0.2) is 4.98 Å². The molecule has 0 amide bonds. The van der Waals surface area contributed by atoms with Crippen LogP contribution in [0.3, 0.4) is 0 Å². The first-order chi connectivity index (χ1) is 8.28. The molecule has 0 aliphatic carbocycles. The Hall–Kier alpha value is -1.77. The Morgan fingerprint density at radius 3 is 2.65 bits per heavy atom. The van der Waals surface area contributed by atoms with Crippen molar-refractivity contribution in [2.24, 2.45) is 0 Å². The van der Waals surface area contributed by atoms with Crippen LogP contribution in [-0.4, -0.2) is 11.6 Å². The lowest BCUT2D eigenvalue weighted by Gasteiger charge is -1.99. The number of hydrogen-bond donors (Lipinski definition) is 0. The normalized spacial score (nSPS) is 10.5. The highest BCUT2D eigenvalue weighted by Gasteiger charge is 2.04. The van der Waals surface area contributed by atoms with Crippen LogP contribution in [0.4, 0.5) is 0 Å². The van der Waals surface area contributed by atoms with Gasteiger partial charge >= 0.3 is 5.95 Å². The highest BCUT2D eigenvalue weighted by Crippen LogP contribution is 2.14. The molecule has 0 unspecified atom stereocenters. The number of ether oxygens (including phenoxy) is 1. The van der Waals surface area contributed by atoms with Crippen LogP contribution < -0.4 is 4.74 Å². The summed E-state index contributed by atoms with van der Waals surface area (Å²) in [5, 5.41) is 0. The van der Waals surface area contributed by atoms with Crippen molar-refractivity contribution in [2.75, 3.05) is 6.61 Å². The Morgan fingerprint density at radius 1 is 1.18 bits per heavy atom. The zero-order valence-electron chi connectivity index (χ0n) is 10.3. The van der Waals surface area contributed by atoms with Gasteiger partial charge in [0, 0.05) is 6.42 Å². The third-order valence-corrected chi connectivity index (χ3v) is 2.57. The minimum Gasteiger partial charge on any atom is -0.464 e. The molecule has 0 radical (unpaired) electrons. The van der Waals surface area contributed by atoms with Gasteiger partial charge in [-0.2, -0.15) is 0 Å². The van der Waals surface area contributed by atoms with Crippen LogP contribution in [0.5, 0.6) is 5.95 Å². The minimum absolute atomic E-state index is 0.506. The van der Waals surface area contributed by atoms with E-state index in [1.807, 2.05) is 6.92 Å². The van der Waals surface area contributed by atoms with Crippen LogP contribution in [-0.2, 0) is 12.8 Å². The van der Waals surface area contributed by atoms with Crippen molar-refractivity contribution in [3.63, 3.8) is 0 Å². The average molecular weight is 231 g/mol. The van der Waals surface area contributed by atoms with Crippen LogP contribution in [0.1, 0.15) is 23.9 Å². The van der Waals surface area contributed by atoms with E-state index in [2.05, 4.69) is 36.2 Å². The van der Waals surface area contributed by atoms with Crippen molar-refractivity contribution in [1.82, 2.24) is 4.98 Å². The van der Waals surface area contributed by atoms with Gasteiger partial charge in [0.1, 0.15) is 6.20 Å². The summed E-state index contributed by atoms with van der Waals surface area (Å²) in [4.78, 5) is 4.18. The fourth-order valence-electron chi connectivity index (χ4n) is 1.62. The molecule has 17 heavy (non-hydrogen) atoms. The number of hydrogen-bond acceptors (Lipinski definition) is 3. The maximum atomic E-state index is 5.44. The summed E-state index contributed by atoms with van der Waals surface area (Å²) in [5.41, 5.74) is 2.58. The molecule has 0 spiro atoms. The molecular formula is C14H17NO2. The van der Waals surface area contributed by atoms with E-state index in [0.29, 0.717) is 12.6 Å². The topological polar surface area (TPSA) is 35.3 Å². The van der Waals surface area contributed by atoms with E-state index in [0.717, 1.165) is 18.7 Å². The molecule has 1 aromatic carbocycles. The van der Waals surface area contributed by atoms with Crippen molar-refractivity contribution in [1.29, 1.82) is 0 Å². The molecular weight excluding hydrogens is 214 g/mol. The zero-order valence-corrected chi connectivity index (χ0v) is 10.3. The van der Waals surface area contributed by atoms with Crippen molar-refractivity contribution in [3.05, 3.63) is 47.5 Å². The van der Waals surface area contributed by atoms with Gasteiger partial charge in [0.15, 0.2) is 5.89 Å². The van der Waals surface area contributed by atoms with Gasteiger partial charge in [0.25, 0.3) is 0 Å². The molecule has 2 aromatic rings. The first-order valence-electron chi connectivity index (χ1n) is 5.91. The Bertz CT molecular complexity index is 459. The molecule has 2 rings (SSSR count). The van der Waals surface area contributed by atoms with Gasteiger partial charge in [-0.15, -0.1) is 0 Å².